The molecule has 7 nitrogen and oxygen atoms in total. The highest BCUT2D eigenvalue weighted by Gasteiger charge is 2.41. The van der Waals surface area contributed by atoms with Gasteiger partial charge in [0.25, 0.3) is 0 Å². The molecule has 3 N–H and O–H groups in total. The van der Waals surface area contributed by atoms with Crippen LogP contribution in [-0.4, -0.2) is 39.3 Å². The van der Waals surface area contributed by atoms with Gasteiger partial charge in [-0.25, -0.2) is 9.89 Å². The zero-order chi connectivity index (χ0) is 14.0. The summed E-state index contributed by atoms with van der Waals surface area (Å²) in [6.45, 7) is 0.586. The van der Waals surface area contributed by atoms with Crippen molar-refractivity contribution < 1.29 is 9.53 Å². The Bertz CT molecular complexity index is 530. The fraction of sp³-hybridized carbons (Fsp3) is 0.769. The number of H-pyrrole nitrogens is 2. The molecule has 7 heteroatoms. The Labute approximate surface area is 116 Å². The minimum atomic E-state index is -0.391. The minimum absolute atomic E-state index is 0.00313. The molecule has 2 heterocycles. The predicted molar refractivity (Wildman–Crippen MR) is 71.2 cm³/mol. The van der Waals surface area contributed by atoms with Crippen LogP contribution in [0.5, 0.6) is 0 Å². The average Bonchev–Trinajstić information content (AvgIpc) is 2.98. The summed E-state index contributed by atoms with van der Waals surface area (Å²) in [6.07, 6.45) is 6.91. The summed E-state index contributed by atoms with van der Waals surface area (Å²) < 4.78 is 5.95. The van der Waals surface area contributed by atoms with E-state index in [2.05, 4.69) is 20.5 Å². The maximum absolute atomic E-state index is 11.9. The molecule has 20 heavy (non-hydrogen) atoms. The molecule has 1 spiro atoms. The van der Waals surface area contributed by atoms with Crippen LogP contribution >= 0.6 is 0 Å². The summed E-state index contributed by atoms with van der Waals surface area (Å²) in [6, 6.07) is 0.0752. The average molecular weight is 280 g/mol. The molecule has 1 aliphatic heterocycles. The lowest BCUT2D eigenvalue weighted by molar-refractivity contribution is -0.121. The fourth-order valence-electron chi connectivity index (χ4n) is 3.30. The molecule has 1 aliphatic carbocycles. The standard InChI is InChI=1S/C13H20N4O3/c18-11(6-10-15-12(19)17-16-10)14-9-7-13(20-8-9)4-2-1-3-5-13/h9H,1-8H2,(H,14,18)(H2,15,16,17,19)/t9-/m0/s1. The summed E-state index contributed by atoms with van der Waals surface area (Å²) in [5.41, 5.74) is -0.394. The summed E-state index contributed by atoms with van der Waals surface area (Å²) >= 11 is 0. The topological polar surface area (TPSA) is 99.9 Å². The molecular formula is C13H20N4O3. The molecule has 1 saturated carbocycles. The number of aromatic amines is 2. The van der Waals surface area contributed by atoms with E-state index >= 15 is 0 Å². The largest absolute Gasteiger partial charge is 0.373 e. The quantitative estimate of drug-likeness (QED) is 0.739. The third-order valence-electron chi connectivity index (χ3n) is 4.22. The van der Waals surface area contributed by atoms with Crippen molar-refractivity contribution in [3.05, 3.63) is 16.3 Å². The van der Waals surface area contributed by atoms with Crippen LogP contribution in [0, 0.1) is 0 Å². The van der Waals surface area contributed by atoms with Crippen molar-refractivity contribution in [3.8, 4) is 0 Å². The summed E-state index contributed by atoms with van der Waals surface area (Å²) in [4.78, 5) is 25.3. The van der Waals surface area contributed by atoms with Gasteiger partial charge in [-0.2, -0.15) is 5.10 Å². The van der Waals surface area contributed by atoms with Gasteiger partial charge >= 0.3 is 5.69 Å². The van der Waals surface area contributed by atoms with Crippen molar-refractivity contribution in [1.82, 2.24) is 20.5 Å². The number of nitrogens with one attached hydrogen (secondary N) is 3. The van der Waals surface area contributed by atoms with Crippen molar-refractivity contribution in [2.75, 3.05) is 6.61 Å². The van der Waals surface area contributed by atoms with Crippen LogP contribution < -0.4 is 11.0 Å². The minimum Gasteiger partial charge on any atom is -0.373 e. The maximum Gasteiger partial charge on any atom is 0.340 e. The van der Waals surface area contributed by atoms with Gasteiger partial charge in [0.2, 0.25) is 5.91 Å². The van der Waals surface area contributed by atoms with Gasteiger partial charge in [0.1, 0.15) is 5.82 Å². The van der Waals surface area contributed by atoms with Crippen LogP contribution in [0.4, 0.5) is 0 Å². The van der Waals surface area contributed by atoms with E-state index in [0.717, 1.165) is 19.3 Å². The normalized spacial score (nSPS) is 24.9. The molecule has 1 aromatic rings. The molecule has 2 aliphatic rings. The van der Waals surface area contributed by atoms with E-state index in [1.54, 1.807) is 0 Å². The number of amides is 1. The monoisotopic (exact) mass is 280 g/mol. The first-order chi connectivity index (χ1) is 9.65. The van der Waals surface area contributed by atoms with Crippen molar-refractivity contribution in [2.45, 2.75) is 56.6 Å². The first kappa shape index (κ1) is 13.4. The van der Waals surface area contributed by atoms with Crippen LogP contribution in [0.1, 0.15) is 44.3 Å². The van der Waals surface area contributed by atoms with Crippen LogP contribution in [-0.2, 0) is 16.0 Å². The third-order valence-corrected chi connectivity index (χ3v) is 4.22. The molecular weight excluding hydrogens is 260 g/mol. The van der Waals surface area contributed by atoms with Crippen molar-refractivity contribution in [1.29, 1.82) is 0 Å². The van der Waals surface area contributed by atoms with Crippen molar-refractivity contribution in [3.63, 3.8) is 0 Å². The Morgan fingerprint density at radius 1 is 1.40 bits per heavy atom. The molecule has 3 rings (SSSR count). The lowest BCUT2D eigenvalue weighted by Crippen LogP contribution is -2.38. The molecule has 1 aromatic heterocycles. The Morgan fingerprint density at radius 3 is 2.90 bits per heavy atom. The number of carbonyl (C=O) groups excluding carboxylic acids is 1. The highest BCUT2D eigenvalue weighted by atomic mass is 16.5. The molecule has 0 aromatic carbocycles. The number of hydrogen-bond acceptors (Lipinski definition) is 4. The molecule has 1 atom stereocenters. The summed E-state index contributed by atoms with van der Waals surface area (Å²) in [7, 11) is 0. The second-order valence-electron chi connectivity index (χ2n) is 5.82. The number of ether oxygens (including phenoxy) is 1. The number of nitrogens with zero attached hydrogens (tertiary/aromatic N) is 1. The van der Waals surface area contributed by atoms with Gasteiger partial charge in [-0.1, -0.05) is 19.3 Å². The lowest BCUT2D eigenvalue weighted by Gasteiger charge is -2.32. The van der Waals surface area contributed by atoms with Gasteiger partial charge in [-0.3, -0.25) is 9.78 Å². The van der Waals surface area contributed by atoms with Gasteiger partial charge in [0, 0.05) is 0 Å². The molecule has 2 fully saturated rings. The molecule has 0 unspecified atom stereocenters. The zero-order valence-electron chi connectivity index (χ0n) is 11.4. The molecule has 1 saturated heterocycles. The van der Waals surface area contributed by atoms with E-state index in [0.29, 0.717) is 12.4 Å². The van der Waals surface area contributed by atoms with Crippen molar-refractivity contribution >= 4 is 5.91 Å². The predicted octanol–water partition coefficient (Wildman–Crippen LogP) is 0.248. The van der Waals surface area contributed by atoms with Crippen LogP contribution in [0.25, 0.3) is 0 Å². The third kappa shape index (κ3) is 2.92. The number of carbonyl (C=O) groups is 1. The van der Waals surface area contributed by atoms with Gasteiger partial charge in [-0.15, -0.1) is 0 Å². The molecule has 1 amide bonds. The highest BCUT2D eigenvalue weighted by Crippen LogP contribution is 2.39. The van der Waals surface area contributed by atoms with Gasteiger partial charge in [0.05, 0.1) is 24.7 Å². The van der Waals surface area contributed by atoms with E-state index < -0.39 is 5.69 Å². The van der Waals surface area contributed by atoms with Crippen LogP contribution in [0.15, 0.2) is 4.79 Å². The van der Waals surface area contributed by atoms with Gasteiger partial charge in [-0.05, 0) is 19.3 Å². The van der Waals surface area contributed by atoms with E-state index in [4.69, 9.17) is 4.74 Å². The lowest BCUT2D eigenvalue weighted by atomic mass is 9.82. The second-order valence-corrected chi connectivity index (χ2v) is 5.82. The zero-order valence-corrected chi connectivity index (χ0v) is 11.4. The smallest absolute Gasteiger partial charge is 0.340 e. The fourth-order valence-corrected chi connectivity index (χ4v) is 3.30. The number of hydrogen-bond donors (Lipinski definition) is 3. The van der Waals surface area contributed by atoms with Gasteiger partial charge < -0.3 is 10.1 Å². The Kier molecular flexibility index (Phi) is 3.60. The summed E-state index contributed by atoms with van der Waals surface area (Å²) in [5, 5.41) is 8.95. The summed E-state index contributed by atoms with van der Waals surface area (Å²) in [5.74, 6) is 0.230. The Morgan fingerprint density at radius 2 is 2.20 bits per heavy atom. The van der Waals surface area contributed by atoms with E-state index in [9.17, 15) is 9.59 Å². The SMILES string of the molecule is O=C(Cc1n[nH]c(=O)[nH]1)N[C@@H]1COC2(CCCCC2)C1. The number of rotatable bonds is 3. The van der Waals surface area contributed by atoms with E-state index in [1.165, 1.54) is 19.3 Å². The number of aromatic nitrogens is 3. The first-order valence-electron chi connectivity index (χ1n) is 7.22. The molecule has 110 valence electrons. The molecule has 0 radical (unpaired) electrons. The van der Waals surface area contributed by atoms with E-state index in [-0.39, 0.29) is 24.0 Å². The Balaban J connectivity index is 1.51. The Hall–Kier alpha value is -1.63. The first-order valence-corrected chi connectivity index (χ1v) is 7.22. The highest BCUT2D eigenvalue weighted by molar-refractivity contribution is 5.78. The molecule has 0 bridgehead atoms. The second kappa shape index (κ2) is 5.40. The van der Waals surface area contributed by atoms with Crippen LogP contribution in [0.2, 0.25) is 0 Å². The van der Waals surface area contributed by atoms with Crippen molar-refractivity contribution in [2.24, 2.45) is 0 Å². The van der Waals surface area contributed by atoms with E-state index in [1.807, 2.05) is 0 Å². The van der Waals surface area contributed by atoms with Gasteiger partial charge in [0.15, 0.2) is 0 Å². The van der Waals surface area contributed by atoms with Crippen LogP contribution in [0.3, 0.4) is 0 Å². The maximum atomic E-state index is 11.9.